The highest BCUT2D eigenvalue weighted by Crippen LogP contribution is 2.47. The van der Waals surface area contributed by atoms with Crippen LogP contribution in [0.2, 0.25) is 0 Å². The standard InChI is InChI=1S/C28H29N3O5/c1-16(25-20(15-23(33)36-3)18-9-4-6-11-21(18)29-25)26-24(19-10-5-7-12-22(19)30-26)28(27(34)35)13-8-14-31(28)17(2)32/h4-7,9-12,16,29-30H,8,13-15H2,1-3H3,(H,34,35)/t16?,28-/m0/s1. The predicted molar refractivity (Wildman–Crippen MR) is 136 cm³/mol. The summed E-state index contributed by atoms with van der Waals surface area (Å²) in [5, 5.41) is 12.3. The molecule has 1 saturated heterocycles. The molecule has 4 aromatic rings. The number of rotatable bonds is 6. The molecule has 1 fully saturated rings. The summed E-state index contributed by atoms with van der Waals surface area (Å²) in [4.78, 5) is 46.5. The Morgan fingerprint density at radius 1 is 1.03 bits per heavy atom. The van der Waals surface area contributed by atoms with Gasteiger partial charge in [-0.25, -0.2) is 4.79 Å². The van der Waals surface area contributed by atoms with E-state index in [1.54, 1.807) is 0 Å². The third-order valence-corrected chi connectivity index (χ3v) is 7.53. The van der Waals surface area contributed by atoms with Crippen molar-refractivity contribution >= 4 is 39.7 Å². The molecule has 2 atom stereocenters. The molecule has 36 heavy (non-hydrogen) atoms. The molecule has 0 saturated carbocycles. The van der Waals surface area contributed by atoms with Crippen molar-refractivity contribution in [1.29, 1.82) is 0 Å². The number of carbonyl (C=O) groups is 3. The fourth-order valence-electron chi connectivity index (χ4n) is 5.91. The number of aromatic amines is 2. The lowest BCUT2D eigenvalue weighted by atomic mass is 9.81. The van der Waals surface area contributed by atoms with Crippen LogP contribution in [0.4, 0.5) is 0 Å². The van der Waals surface area contributed by atoms with Crippen LogP contribution in [0.1, 0.15) is 55.1 Å². The number of carboxylic acid groups (broad SMARTS) is 1. The maximum absolute atomic E-state index is 13.0. The van der Waals surface area contributed by atoms with Gasteiger partial charge in [0, 0.05) is 58.1 Å². The first-order valence-electron chi connectivity index (χ1n) is 12.1. The van der Waals surface area contributed by atoms with E-state index in [1.807, 2.05) is 55.5 Å². The number of fused-ring (bicyclic) bond motifs is 2. The summed E-state index contributed by atoms with van der Waals surface area (Å²) < 4.78 is 4.97. The highest BCUT2D eigenvalue weighted by Gasteiger charge is 2.53. The summed E-state index contributed by atoms with van der Waals surface area (Å²) >= 11 is 0. The van der Waals surface area contributed by atoms with Crippen LogP contribution in [0.15, 0.2) is 48.5 Å². The number of aliphatic carboxylic acids is 1. The second-order valence-corrected chi connectivity index (χ2v) is 9.44. The zero-order chi connectivity index (χ0) is 25.6. The first-order valence-corrected chi connectivity index (χ1v) is 12.1. The van der Waals surface area contributed by atoms with Gasteiger partial charge >= 0.3 is 11.9 Å². The zero-order valence-electron chi connectivity index (χ0n) is 20.6. The van der Waals surface area contributed by atoms with Gasteiger partial charge in [0.25, 0.3) is 0 Å². The highest BCUT2D eigenvalue weighted by molar-refractivity contribution is 5.97. The van der Waals surface area contributed by atoms with Gasteiger partial charge in [0.15, 0.2) is 5.54 Å². The van der Waals surface area contributed by atoms with Crippen LogP contribution in [0.5, 0.6) is 0 Å². The second-order valence-electron chi connectivity index (χ2n) is 9.44. The van der Waals surface area contributed by atoms with Crippen LogP contribution in [0, 0.1) is 0 Å². The van der Waals surface area contributed by atoms with Crippen molar-refractivity contribution in [2.75, 3.05) is 13.7 Å². The van der Waals surface area contributed by atoms with Crippen molar-refractivity contribution < 1.29 is 24.2 Å². The number of nitrogens with one attached hydrogen (secondary N) is 2. The van der Waals surface area contributed by atoms with Gasteiger partial charge in [0.1, 0.15) is 0 Å². The van der Waals surface area contributed by atoms with E-state index in [9.17, 15) is 19.5 Å². The molecular formula is C28H29N3O5. The van der Waals surface area contributed by atoms with Gasteiger partial charge in [-0.1, -0.05) is 43.3 Å². The number of benzene rings is 2. The van der Waals surface area contributed by atoms with Crippen LogP contribution in [-0.4, -0.2) is 51.5 Å². The Kier molecular flexibility index (Phi) is 5.82. The Balaban J connectivity index is 1.78. The van der Waals surface area contributed by atoms with Gasteiger partial charge in [-0.05, 0) is 30.5 Å². The lowest BCUT2D eigenvalue weighted by Crippen LogP contribution is -2.50. The van der Waals surface area contributed by atoms with Crippen molar-refractivity contribution in [3.05, 3.63) is 71.0 Å². The van der Waals surface area contributed by atoms with Crippen molar-refractivity contribution in [3.63, 3.8) is 0 Å². The molecule has 1 aliphatic rings. The third-order valence-electron chi connectivity index (χ3n) is 7.53. The molecule has 2 aromatic carbocycles. The molecule has 0 spiro atoms. The van der Waals surface area contributed by atoms with E-state index in [2.05, 4.69) is 9.97 Å². The first kappa shape index (κ1) is 23.7. The molecule has 5 rings (SSSR count). The van der Waals surface area contributed by atoms with Gasteiger partial charge < -0.3 is 24.7 Å². The van der Waals surface area contributed by atoms with Crippen LogP contribution < -0.4 is 0 Å². The fraction of sp³-hybridized carbons (Fsp3) is 0.321. The summed E-state index contributed by atoms with van der Waals surface area (Å²) in [6, 6.07) is 15.3. The SMILES string of the molecule is COC(=O)Cc1c(C(C)c2[nH]c3ccccc3c2[C@]2(C(=O)O)CCCN2C(C)=O)[nH]c2ccccc12. The molecule has 1 unspecified atom stereocenters. The Morgan fingerprint density at radius 3 is 2.28 bits per heavy atom. The molecule has 0 radical (unpaired) electrons. The summed E-state index contributed by atoms with van der Waals surface area (Å²) in [6.45, 7) is 3.80. The lowest BCUT2D eigenvalue weighted by molar-refractivity contribution is -0.156. The topological polar surface area (TPSA) is 115 Å². The van der Waals surface area contributed by atoms with Gasteiger partial charge in [-0.2, -0.15) is 0 Å². The van der Waals surface area contributed by atoms with E-state index < -0.39 is 11.5 Å². The minimum atomic E-state index is -1.48. The smallest absolute Gasteiger partial charge is 0.334 e. The molecule has 1 aliphatic heterocycles. The fourth-order valence-corrected chi connectivity index (χ4v) is 5.91. The Morgan fingerprint density at radius 2 is 1.64 bits per heavy atom. The van der Waals surface area contributed by atoms with E-state index in [-0.39, 0.29) is 24.2 Å². The quantitative estimate of drug-likeness (QED) is 0.348. The van der Waals surface area contributed by atoms with Crippen molar-refractivity contribution in [1.82, 2.24) is 14.9 Å². The van der Waals surface area contributed by atoms with E-state index in [0.29, 0.717) is 30.6 Å². The number of hydrogen-bond donors (Lipinski definition) is 3. The summed E-state index contributed by atoms with van der Waals surface area (Å²) in [6.07, 6.45) is 1.00. The van der Waals surface area contributed by atoms with Crippen LogP contribution in [0.3, 0.4) is 0 Å². The van der Waals surface area contributed by atoms with Crippen LogP contribution in [-0.2, 0) is 31.1 Å². The Hall–Kier alpha value is -4.07. The zero-order valence-corrected chi connectivity index (χ0v) is 20.6. The number of amides is 1. The number of hydrogen-bond acceptors (Lipinski definition) is 4. The number of nitrogens with zero attached hydrogens (tertiary/aromatic N) is 1. The predicted octanol–water partition coefficient (Wildman–Crippen LogP) is 4.44. The summed E-state index contributed by atoms with van der Waals surface area (Å²) in [7, 11) is 1.36. The van der Waals surface area contributed by atoms with Crippen molar-refractivity contribution in [2.24, 2.45) is 0 Å². The average molecular weight is 488 g/mol. The second kappa shape index (κ2) is 8.86. The number of methoxy groups -OCH3 is 1. The third kappa shape index (κ3) is 3.47. The van der Waals surface area contributed by atoms with E-state index in [0.717, 1.165) is 33.1 Å². The summed E-state index contributed by atoms with van der Waals surface area (Å²) in [5.74, 6) is -1.99. The maximum atomic E-state index is 13.0. The number of likely N-dealkylation sites (tertiary alicyclic amines) is 1. The minimum Gasteiger partial charge on any atom is -0.479 e. The molecule has 186 valence electrons. The van der Waals surface area contributed by atoms with Gasteiger partial charge in [0.2, 0.25) is 5.91 Å². The number of aromatic nitrogens is 2. The molecule has 3 N–H and O–H groups in total. The average Bonchev–Trinajstić information content (AvgIpc) is 3.57. The Bertz CT molecular complexity index is 1500. The molecule has 1 amide bonds. The minimum absolute atomic E-state index is 0.0827. The molecular weight excluding hydrogens is 458 g/mol. The number of para-hydroxylation sites is 2. The van der Waals surface area contributed by atoms with Gasteiger partial charge in [-0.15, -0.1) is 0 Å². The maximum Gasteiger partial charge on any atom is 0.334 e. The molecule has 2 aromatic heterocycles. The van der Waals surface area contributed by atoms with E-state index in [4.69, 9.17) is 4.74 Å². The normalized spacial score (nSPS) is 18.6. The lowest BCUT2D eigenvalue weighted by Gasteiger charge is -2.35. The molecule has 8 heteroatoms. The number of ether oxygens (including phenoxy) is 1. The monoisotopic (exact) mass is 487 g/mol. The summed E-state index contributed by atoms with van der Waals surface area (Å²) in [5.41, 5.74) is 3.14. The van der Waals surface area contributed by atoms with Crippen LogP contribution >= 0.6 is 0 Å². The highest BCUT2D eigenvalue weighted by atomic mass is 16.5. The molecule has 0 bridgehead atoms. The van der Waals surface area contributed by atoms with Crippen molar-refractivity contribution in [2.45, 2.75) is 44.6 Å². The van der Waals surface area contributed by atoms with Crippen molar-refractivity contribution in [3.8, 4) is 0 Å². The largest absolute Gasteiger partial charge is 0.479 e. The van der Waals surface area contributed by atoms with E-state index in [1.165, 1.54) is 18.9 Å². The number of carboxylic acids is 1. The number of carbonyl (C=O) groups excluding carboxylic acids is 2. The Labute approximate surface area is 208 Å². The number of esters is 1. The van der Waals surface area contributed by atoms with Gasteiger partial charge in [-0.3, -0.25) is 9.59 Å². The molecule has 0 aliphatic carbocycles. The van der Waals surface area contributed by atoms with E-state index >= 15 is 0 Å². The number of H-pyrrole nitrogens is 2. The molecule has 8 nitrogen and oxygen atoms in total. The van der Waals surface area contributed by atoms with Gasteiger partial charge in [0.05, 0.1) is 13.5 Å². The first-order chi connectivity index (χ1) is 17.3. The van der Waals surface area contributed by atoms with Crippen LogP contribution in [0.25, 0.3) is 21.8 Å². The molecule has 3 heterocycles.